The largest absolute Gasteiger partial charge is 0.497 e. The van der Waals surface area contributed by atoms with Crippen molar-refractivity contribution >= 4 is 22.8 Å². The van der Waals surface area contributed by atoms with Crippen molar-refractivity contribution in [2.24, 2.45) is 0 Å². The molecule has 1 aliphatic rings. The van der Waals surface area contributed by atoms with Gasteiger partial charge < -0.3 is 14.5 Å². The first kappa shape index (κ1) is 22.1. The number of aryl methyl sites for hydroxylation is 1. The smallest absolute Gasteiger partial charge is 0.223 e. The van der Waals surface area contributed by atoms with Gasteiger partial charge in [0.1, 0.15) is 17.1 Å². The lowest BCUT2D eigenvalue weighted by atomic mass is 10.1. The number of hydrogen-bond donors (Lipinski definition) is 0. The molecule has 1 aliphatic heterocycles. The Balaban J connectivity index is 1.11. The van der Waals surface area contributed by atoms with E-state index in [2.05, 4.69) is 32.3 Å². The van der Waals surface area contributed by atoms with Crippen molar-refractivity contribution in [2.75, 3.05) is 38.2 Å². The molecule has 1 fully saturated rings. The summed E-state index contributed by atoms with van der Waals surface area (Å²) in [7, 11) is 1.67. The van der Waals surface area contributed by atoms with Crippen molar-refractivity contribution in [3.05, 3.63) is 78.9 Å². The molecule has 9 nitrogen and oxygen atoms in total. The Morgan fingerprint density at radius 2 is 1.72 bits per heavy atom. The van der Waals surface area contributed by atoms with E-state index in [1.807, 2.05) is 74.7 Å². The Hall–Kier alpha value is -4.40. The first-order valence-corrected chi connectivity index (χ1v) is 12.1. The van der Waals surface area contributed by atoms with E-state index >= 15 is 0 Å². The quantitative estimate of drug-likeness (QED) is 0.370. The van der Waals surface area contributed by atoms with Crippen molar-refractivity contribution in [2.45, 2.75) is 12.8 Å². The summed E-state index contributed by atoms with van der Waals surface area (Å²) in [5, 5.41) is 13.5. The van der Waals surface area contributed by atoms with Crippen LogP contribution in [0.1, 0.15) is 12.2 Å². The van der Waals surface area contributed by atoms with Gasteiger partial charge in [-0.3, -0.25) is 9.20 Å². The highest BCUT2D eigenvalue weighted by molar-refractivity contribution is 5.78. The number of anilines is 1. The molecule has 6 rings (SSSR count). The molecular weight excluding hydrogens is 454 g/mol. The Morgan fingerprint density at radius 3 is 2.47 bits per heavy atom. The van der Waals surface area contributed by atoms with E-state index < -0.39 is 0 Å². The second kappa shape index (κ2) is 9.33. The molecule has 1 saturated heterocycles. The van der Waals surface area contributed by atoms with Crippen LogP contribution in [-0.4, -0.2) is 68.3 Å². The number of rotatable bonds is 6. The van der Waals surface area contributed by atoms with Crippen molar-refractivity contribution < 1.29 is 9.53 Å². The predicted molar refractivity (Wildman–Crippen MR) is 137 cm³/mol. The van der Waals surface area contributed by atoms with E-state index in [0.717, 1.165) is 52.8 Å². The van der Waals surface area contributed by atoms with Gasteiger partial charge in [-0.05, 0) is 30.3 Å². The zero-order chi connectivity index (χ0) is 24.5. The fourth-order valence-electron chi connectivity index (χ4n) is 4.76. The maximum absolute atomic E-state index is 12.9. The second-order valence-electron chi connectivity index (χ2n) is 8.90. The first-order valence-electron chi connectivity index (χ1n) is 12.1. The number of carbonyl (C=O) groups is 1. The number of amides is 1. The summed E-state index contributed by atoms with van der Waals surface area (Å²) in [5.41, 5.74) is 4.72. The molecule has 0 bridgehead atoms. The number of aromatic nitrogens is 5. The van der Waals surface area contributed by atoms with Gasteiger partial charge in [0.05, 0.1) is 12.8 Å². The summed E-state index contributed by atoms with van der Waals surface area (Å²) in [6.45, 7) is 3.05. The second-order valence-corrected chi connectivity index (χ2v) is 8.90. The fraction of sp³-hybridized carbons (Fsp3) is 0.259. The molecule has 0 radical (unpaired) electrons. The Morgan fingerprint density at radius 1 is 0.944 bits per heavy atom. The van der Waals surface area contributed by atoms with Crippen LogP contribution in [0.25, 0.3) is 22.4 Å². The standard InChI is InChI=1S/C27H27N7O2/c1-36-22-9-7-21(8-10-22)31-13-15-32(16-14-31)26(35)12-11-25-28-29-27-24-19-23(20-5-3-2-4-6-20)30-34(24)18-17-33(25)27/h2-10,17-19H,11-16H2,1H3. The number of nitrogens with zero attached hydrogens (tertiary/aromatic N) is 7. The number of carbonyl (C=O) groups excluding carboxylic acids is 1. The van der Waals surface area contributed by atoms with E-state index in [0.29, 0.717) is 25.9 Å². The molecule has 2 aromatic carbocycles. The van der Waals surface area contributed by atoms with E-state index in [-0.39, 0.29) is 5.91 Å². The zero-order valence-corrected chi connectivity index (χ0v) is 20.1. The van der Waals surface area contributed by atoms with Gasteiger partial charge in [-0.25, -0.2) is 4.52 Å². The molecule has 36 heavy (non-hydrogen) atoms. The summed E-state index contributed by atoms with van der Waals surface area (Å²) < 4.78 is 9.02. The predicted octanol–water partition coefficient (Wildman–Crippen LogP) is 3.33. The Kier molecular flexibility index (Phi) is 5.73. The lowest BCUT2D eigenvalue weighted by Crippen LogP contribution is -2.48. The van der Waals surface area contributed by atoms with Gasteiger partial charge in [0.15, 0.2) is 5.65 Å². The summed E-state index contributed by atoms with van der Waals surface area (Å²) in [6, 6.07) is 20.2. The minimum absolute atomic E-state index is 0.151. The third-order valence-corrected chi connectivity index (χ3v) is 6.79. The van der Waals surface area contributed by atoms with Crippen LogP contribution in [0.3, 0.4) is 0 Å². The van der Waals surface area contributed by atoms with Crippen molar-refractivity contribution in [3.63, 3.8) is 0 Å². The van der Waals surface area contributed by atoms with E-state index in [9.17, 15) is 4.79 Å². The molecule has 0 spiro atoms. The third kappa shape index (κ3) is 4.13. The number of fused-ring (bicyclic) bond motifs is 3. The van der Waals surface area contributed by atoms with E-state index in [1.165, 1.54) is 0 Å². The van der Waals surface area contributed by atoms with Gasteiger partial charge >= 0.3 is 0 Å². The topological polar surface area (TPSA) is 80.3 Å². The summed E-state index contributed by atoms with van der Waals surface area (Å²) in [6.07, 6.45) is 4.76. The van der Waals surface area contributed by atoms with E-state index in [4.69, 9.17) is 4.74 Å². The minimum Gasteiger partial charge on any atom is -0.497 e. The monoisotopic (exact) mass is 481 g/mol. The molecule has 3 aromatic heterocycles. The highest BCUT2D eigenvalue weighted by Crippen LogP contribution is 2.23. The van der Waals surface area contributed by atoms with Crippen LogP contribution in [0.4, 0.5) is 5.69 Å². The maximum Gasteiger partial charge on any atom is 0.223 e. The summed E-state index contributed by atoms with van der Waals surface area (Å²) >= 11 is 0. The summed E-state index contributed by atoms with van der Waals surface area (Å²) in [4.78, 5) is 17.2. The molecular formula is C27H27N7O2. The zero-order valence-electron chi connectivity index (χ0n) is 20.1. The minimum atomic E-state index is 0.151. The van der Waals surface area contributed by atoms with Crippen molar-refractivity contribution in [1.29, 1.82) is 0 Å². The van der Waals surface area contributed by atoms with Crippen LogP contribution in [0.5, 0.6) is 5.75 Å². The van der Waals surface area contributed by atoms with Gasteiger partial charge in [-0.2, -0.15) is 5.10 Å². The van der Waals surface area contributed by atoms with Crippen LogP contribution < -0.4 is 9.64 Å². The van der Waals surface area contributed by atoms with Crippen LogP contribution in [0, 0.1) is 0 Å². The first-order chi connectivity index (χ1) is 17.7. The molecule has 4 heterocycles. The van der Waals surface area contributed by atoms with Gasteiger partial charge in [0, 0.05) is 62.7 Å². The van der Waals surface area contributed by atoms with Gasteiger partial charge in [0.2, 0.25) is 5.91 Å². The normalized spacial score (nSPS) is 14.0. The third-order valence-electron chi connectivity index (χ3n) is 6.79. The average Bonchev–Trinajstić information content (AvgIpc) is 3.56. The average molecular weight is 482 g/mol. The lowest BCUT2D eigenvalue weighted by Gasteiger charge is -2.36. The summed E-state index contributed by atoms with van der Waals surface area (Å²) in [5.74, 6) is 1.78. The van der Waals surface area contributed by atoms with Gasteiger partial charge in [-0.1, -0.05) is 30.3 Å². The number of piperazine rings is 1. The highest BCUT2D eigenvalue weighted by atomic mass is 16.5. The number of methoxy groups -OCH3 is 1. The SMILES string of the molecule is COc1ccc(N2CCN(C(=O)CCc3nnc4c5cc(-c6ccccc6)nn5ccn34)CC2)cc1. The number of hydrogen-bond acceptors (Lipinski definition) is 6. The van der Waals surface area contributed by atoms with Gasteiger partial charge in [0.25, 0.3) is 0 Å². The molecule has 1 amide bonds. The molecule has 9 heteroatoms. The number of benzene rings is 2. The fourth-order valence-corrected chi connectivity index (χ4v) is 4.76. The van der Waals surface area contributed by atoms with Crippen LogP contribution in [0.2, 0.25) is 0 Å². The molecule has 0 unspecified atom stereocenters. The Bertz CT molecular complexity index is 1500. The van der Waals surface area contributed by atoms with E-state index in [1.54, 1.807) is 7.11 Å². The van der Waals surface area contributed by atoms with Crippen LogP contribution >= 0.6 is 0 Å². The van der Waals surface area contributed by atoms with Crippen LogP contribution in [0.15, 0.2) is 73.1 Å². The molecule has 0 N–H and O–H groups in total. The van der Waals surface area contributed by atoms with Crippen molar-refractivity contribution in [1.82, 2.24) is 29.1 Å². The van der Waals surface area contributed by atoms with Crippen molar-refractivity contribution in [3.8, 4) is 17.0 Å². The molecule has 0 aliphatic carbocycles. The van der Waals surface area contributed by atoms with Gasteiger partial charge in [-0.15, -0.1) is 10.2 Å². The maximum atomic E-state index is 12.9. The molecule has 182 valence electrons. The Labute approximate surface area is 208 Å². The molecule has 0 atom stereocenters. The molecule has 0 saturated carbocycles. The number of ether oxygens (including phenoxy) is 1. The van der Waals surface area contributed by atoms with Crippen LogP contribution in [-0.2, 0) is 11.2 Å². The molecule has 5 aromatic rings. The highest BCUT2D eigenvalue weighted by Gasteiger charge is 2.22. The lowest BCUT2D eigenvalue weighted by molar-refractivity contribution is -0.131.